The van der Waals surface area contributed by atoms with Gasteiger partial charge in [0.15, 0.2) is 0 Å². The number of hydrogen-bond acceptors (Lipinski definition) is 5. The number of carbonyl (C=O) groups excluding carboxylic acids is 2. The highest BCUT2D eigenvalue weighted by Crippen LogP contribution is 2.25. The van der Waals surface area contributed by atoms with Gasteiger partial charge in [0.2, 0.25) is 5.91 Å². The zero-order chi connectivity index (χ0) is 14.7. The minimum Gasteiger partial charge on any atom is -0.469 e. The average Bonchev–Trinajstić information content (AvgIpc) is 3.04. The van der Waals surface area contributed by atoms with Crippen molar-refractivity contribution in [1.82, 2.24) is 9.88 Å². The van der Waals surface area contributed by atoms with Crippen molar-refractivity contribution in [1.29, 1.82) is 0 Å². The molecule has 0 saturated carbocycles. The fourth-order valence-electron chi connectivity index (χ4n) is 2.36. The average molecular weight is 317 g/mol. The van der Waals surface area contributed by atoms with Crippen LogP contribution in [0.1, 0.15) is 17.6 Å². The standard InChI is InChI=1S/C13H17ClN2O3S/c1-8-5-16(6-10(8)13(18)19-2)12(17)3-11-15-9(4-14)7-20-11/h7-8,10H,3-6H2,1-2H3. The number of likely N-dealkylation sites (tertiary alicyclic amines) is 1. The van der Waals surface area contributed by atoms with Crippen molar-refractivity contribution in [3.63, 3.8) is 0 Å². The van der Waals surface area contributed by atoms with E-state index in [2.05, 4.69) is 4.98 Å². The number of aromatic nitrogens is 1. The molecule has 0 aromatic carbocycles. The summed E-state index contributed by atoms with van der Waals surface area (Å²) >= 11 is 7.13. The van der Waals surface area contributed by atoms with Crippen LogP contribution in [0, 0.1) is 11.8 Å². The molecule has 1 amide bonds. The van der Waals surface area contributed by atoms with Crippen LogP contribution >= 0.6 is 22.9 Å². The first-order valence-electron chi connectivity index (χ1n) is 6.40. The first kappa shape index (κ1) is 15.3. The van der Waals surface area contributed by atoms with Gasteiger partial charge in [-0.05, 0) is 5.92 Å². The van der Waals surface area contributed by atoms with E-state index in [0.29, 0.717) is 19.0 Å². The first-order valence-corrected chi connectivity index (χ1v) is 7.81. The fourth-order valence-corrected chi connectivity index (χ4v) is 3.37. The number of rotatable bonds is 4. The number of amides is 1. The molecule has 1 aliphatic rings. The van der Waals surface area contributed by atoms with Crippen molar-refractivity contribution in [3.8, 4) is 0 Å². The summed E-state index contributed by atoms with van der Waals surface area (Å²) in [4.78, 5) is 29.8. The van der Waals surface area contributed by atoms with Gasteiger partial charge in [0, 0.05) is 18.5 Å². The number of nitrogens with zero attached hydrogens (tertiary/aromatic N) is 2. The minimum absolute atomic E-state index is 0.00118. The summed E-state index contributed by atoms with van der Waals surface area (Å²) in [7, 11) is 1.38. The fraction of sp³-hybridized carbons (Fsp3) is 0.615. The summed E-state index contributed by atoms with van der Waals surface area (Å²) < 4.78 is 4.77. The molecule has 5 nitrogen and oxygen atoms in total. The number of alkyl halides is 1. The smallest absolute Gasteiger partial charge is 0.310 e. The van der Waals surface area contributed by atoms with Crippen molar-refractivity contribution in [3.05, 3.63) is 16.1 Å². The van der Waals surface area contributed by atoms with E-state index >= 15 is 0 Å². The minimum atomic E-state index is -0.244. The molecule has 20 heavy (non-hydrogen) atoms. The molecule has 1 fully saturated rings. The van der Waals surface area contributed by atoms with Crippen LogP contribution in [0.25, 0.3) is 0 Å². The number of ether oxygens (including phenoxy) is 1. The van der Waals surface area contributed by atoms with Gasteiger partial charge in [-0.3, -0.25) is 9.59 Å². The van der Waals surface area contributed by atoms with Crippen LogP contribution < -0.4 is 0 Å². The number of esters is 1. The number of thiazole rings is 1. The lowest BCUT2D eigenvalue weighted by atomic mass is 9.99. The van der Waals surface area contributed by atoms with Crippen LogP contribution in [0.2, 0.25) is 0 Å². The zero-order valence-electron chi connectivity index (χ0n) is 11.5. The van der Waals surface area contributed by atoms with E-state index < -0.39 is 0 Å². The van der Waals surface area contributed by atoms with E-state index in [9.17, 15) is 9.59 Å². The predicted molar refractivity (Wildman–Crippen MR) is 76.6 cm³/mol. The van der Waals surface area contributed by atoms with Gasteiger partial charge in [-0.2, -0.15) is 0 Å². The number of hydrogen-bond donors (Lipinski definition) is 0. The van der Waals surface area contributed by atoms with Crippen molar-refractivity contribution >= 4 is 34.8 Å². The van der Waals surface area contributed by atoms with E-state index in [1.165, 1.54) is 18.4 Å². The second-order valence-electron chi connectivity index (χ2n) is 4.95. The molecule has 1 aromatic heterocycles. The number of halogens is 1. The van der Waals surface area contributed by atoms with Crippen LogP contribution in [-0.2, 0) is 26.6 Å². The summed E-state index contributed by atoms with van der Waals surface area (Å²) in [5.74, 6) is 0.0144. The predicted octanol–water partition coefficient (Wildman–Crippen LogP) is 1.69. The van der Waals surface area contributed by atoms with Crippen molar-refractivity contribution < 1.29 is 14.3 Å². The molecule has 0 aliphatic carbocycles. The molecule has 110 valence electrons. The second kappa shape index (κ2) is 6.54. The number of methoxy groups -OCH3 is 1. The molecule has 0 bridgehead atoms. The monoisotopic (exact) mass is 316 g/mol. The van der Waals surface area contributed by atoms with Crippen molar-refractivity contribution in [2.45, 2.75) is 19.2 Å². The first-order chi connectivity index (χ1) is 9.55. The summed E-state index contributed by atoms with van der Waals surface area (Å²) in [5.41, 5.74) is 0.793. The third-order valence-electron chi connectivity index (χ3n) is 3.51. The Hall–Kier alpha value is -1.14. The normalized spacial score (nSPS) is 22.1. The Morgan fingerprint density at radius 1 is 1.55 bits per heavy atom. The van der Waals surface area contributed by atoms with Crippen LogP contribution in [0.4, 0.5) is 0 Å². The van der Waals surface area contributed by atoms with Crippen LogP contribution in [-0.4, -0.2) is 42.0 Å². The van der Waals surface area contributed by atoms with Gasteiger partial charge in [-0.25, -0.2) is 4.98 Å². The van der Waals surface area contributed by atoms with E-state index in [1.807, 2.05) is 12.3 Å². The van der Waals surface area contributed by atoms with Gasteiger partial charge in [-0.1, -0.05) is 6.92 Å². The second-order valence-corrected chi connectivity index (χ2v) is 6.16. The van der Waals surface area contributed by atoms with E-state index in [4.69, 9.17) is 16.3 Å². The Morgan fingerprint density at radius 2 is 2.30 bits per heavy atom. The van der Waals surface area contributed by atoms with Gasteiger partial charge < -0.3 is 9.64 Å². The molecule has 2 heterocycles. The SMILES string of the molecule is COC(=O)C1CN(C(=O)Cc2nc(CCl)cs2)CC1C. The quantitative estimate of drug-likeness (QED) is 0.626. The van der Waals surface area contributed by atoms with Gasteiger partial charge >= 0.3 is 5.97 Å². The third-order valence-corrected chi connectivity index (χ3v) is 4.68. The molecule has 0 radical (unpaired) electrons. The molecule has 0 N–H and O–H groups in total. The van der Waals surface area contributed by atoms with Crippen LogP contribution in [0.5, 0.6) is 0 Å². The molecule has 2 atom stereocenters. The lowest BCUT2D eigenvalue weighted by Gasteiger charge is -2.15. The topological polar surface area (TPSA) is 59.5 Å². The maximum Gasteiger partial charge on any atom is 0.310 e. The maximum atomic E-state index is 12.2. The van der Waals surface area contributed by atoms with Crippen LogP contribution in [0.3, 0.4) is 0 Å². The molecular formula is C13H17ClN2O3S. The van der Waals surface area contributed by atoms with E-state index in [1.54, 1.807) is 4.90 Å². The highest BCUT2D eigenvalue weighted by Gasteiger charge is 2.37. The Morgan fingerprint density at radius 3 is 2.90 bits per heavy atom. The molecule has 0 spiro atoms. The highest BCUT2D eigenvalue weighted by molar-refractivity contribution is 7.09. The molecule has 7 heteroatoms. The Kier molecular flexibility index (Phi) is 4.99. The Bertz CT molecular complexity index is 506. The van der Waals surface area contributed by atoms with Gasteiger partial charge in [0.25, 0.3) is 0 Å². The largest absolute Gasteiger partial charge is 0.469 e. The molecule has 1 aromatic rings. The molecule has 2 rings (SSSR count). The summed E-state index contributed by atoms with van der Waals surface area (Å²) in [5, 5.41) is 2.62. The van der Waals surface area contributed by atoms with Gasteiger partial charge in [0.05, 0.1) is 31.0 Å². The molecular weight excluding hydrogens is 300 g/mol. The maximum absolute atomic E-state index is 12.2. The van der Waals surface area contributed by atoms with Crippen molar-refractivity contribution in [2.75, 3.05) is 20.2 Å². The van der Waals surface area contributed by atoms with E-state index in [-0.39, 0.29) is 30.1 Å². The summed E-state index contributed by atoms with van der Waals surface area (Å²) in [6.07, 6.45) is 0.266. The van der Waals surface area contributed by atoms with Crippen molar-refractivity contribution in [2.24, 2.45) is 11.8 Å². The van der Waals surface area contributed by atoms with Crippen LogP contribution in [0.15, 0.2) is 5.38 Å². The number of carbonyl (C=O) groups is 2. The van der Waals surface area contributed by atoms with Gasteiger partial charge in [0.1, 0.15) is 5.01 Å². The lowest BCUT2D eigenvalue weighted by molar-refractivity contribution is -0.146. The summed E-state index contributed by atoms with van der Waals surface area (Å²) in [6.45, 7) is 2.98. The molecule has 1 saturated heterocycles. The Balaban J connectivity index is 1.95. The third kappa shape index (κ3) is 3.30. The zero-order valence-corrected chi connectivity index (χ0v) is 13.0. The molecule has 2 unspecified atom stereocenters. The van der Waals surface area contributed by atoms with E-state index in [0.717, 1.165) is 10.7 Å². The highest BCUT2D eigenvalue weighted by atomic mass is 35.5. The molecule has 1 aliphatic heterocycles. The summed E-state index contributed by atoms with van der Waals surface area (Å²) in [6, 6.07) is 0. The lowest BCUT2D eigenvalue weighted by Crippen LogP contribution is -2.31. The van der Waals surface area contributed by atoms with Gasteiger partial charge in [-0.15, -0.1) is 22.9 Å². The Labute approximate surface area is 126 Å².